The van der Waals surface area contributed by atoms with E-state index in [9.17, 15) is 4.79 Å². The van der Waals surface area contributed by atoms with Gasteiger partial charge in [0.05, 0.1) is 5.56 Å². The lowest BCUT2D eigenvalue weighted by molar-refractivity contribution is 0.0944. The summed E-state index contributed by atoms with van der Waals surface area (Å²) in [7, 11) is 0. The van der Waals surface area contributed by atoms with Gasteiger partial charge < -0.3 is 11.1 Å². The molecule has 1 aromatic rings. The van der Waals surface area contributed by atoms with Gasteiger partial charge in [-0.1, -0.05) is 12.1 Å². The fourth-order valence-electron chi connectivity index (χ4n) is 1.04. The fourth-order valence-corrected chi connectivity index (χ4v) is 1.12. The Morgan fingerprint density at radius 2 is 2.21 bits per heavy atom. The van der Waals surface area contributed by atoms with E-state index in [0.717, 1.165) is 0 Å². The lowest BCUT2D eigenvalue weighted by Crippen LogP contribution is -2.34. The molecule has 4 heteroatoms. The predicted molar refractivity (Wildman–Crippen MR) is 58.5 cm³/mol. The van der Waals surface area contributed by atoms with E-state index in [4.69, 9.17) is 17.3 Å². The highest BCUT2D eigenvalue weighted by Crippen LogP contribution is 2.10. The molecule has 14 heavy (non-hydrogen) atoms. The summed E-state index contributed by atoms with van der Waals surface area (Å²) in [5.41, 5.74) is 6.61. The van der Waals surface area contributed by atoms with Gasteiger partial charge in [0.25, 0.3) is 5.91 Å². The van der Waals surface area contributed by atoms with Gasteiger partial charge in [-0.15, -0.1) is 11.6 Å². The van der Waals surface area contributed by atoms with Gasteiger partial charge >= 0.3 is 0 Å². The number of anilines is 1. The minimum absolute atomic E-state index is 0.0521. The quantitative estimate of drug-likeness (QED) is 0.591. The Morgan fingerprint density at radius 1 is 1.57 bits per heavy atom. The molecule has 0 heterocycles. The number of benzene rings is 1. The third kappa shape index (κ3) is 2.64. The van der Waals surface area contributed by atoms with Crippen LogP contribution in [0.5, 0.6) is 0 Å². The van der Waals surface area contributed by atoms with Crippen molar-refractivity contribution in [2.45, 2.75) is 13.0 Å². The van der Waals surface area contributed by atoms with E-state index in [0.29, 0.717) is 17.1 Å². The van der Waals surface area contributed by atoms with E-state index >= 15 is 0 Å². The molecule has 0 bridgehead atoms. The van der Waals surface area contributed by atoms with Gasteiger partial charge in [0.15, 0.2) is 0 Å². The molecular formula is C10H13ClN2O. The molecule has 0 radical (unpaired) electrons. The van der Waals surface area contributed by atoms with E-state index in [1.165, 1.54) is 0 Å². The molecule has 0 aliphatic carbocycles. The Hall–Kier alpha value is -1.22. The molecule has 1 rings (SSSR count). The Kier molecular flexibility index (Phi) is 3.77. The van der Waals surface area contributed by atoms with Crippen LogP contribution in [0.25, 0.3) is 0 Å². The number of carbonyl (C=O) groups excluding carboxylic acids is 1. The predicted octanol–water partition coefficient (Wildman–Crippen LogP) is 1.63. The zero-order chi connectivity index (χ0) is 10.6. The second-order valence-corrected chi connectivity index (χ2v) is 3.42. The highest BCUT2D eigenvalue weighted by molar-refractivity contribution is 6.18. The maximum absolute atomic E-state index is 11.6. The molecule has 0 aliphatic heterocycles. The molecule has 0 spiro atoms. The number of halogens is 1. The first-order valence-corrected chi connectivity index (χ1v) is 4.90. The van der Waals surface area contributed by atoms with Gasteiger partial charge in [-0.25, -0.2) is 0 Å². The van der Waals surface area contributed by atoms with Crippen molar-refractivity contribution in [3.05, 3.63) is 29.8 Å². The molecule has 0 unspecified atom stereocenters. The Balaban J connectivity index is 2.75. The van der Waals surface area contributed by atoms with Crippen LogP contribution in [0.1, 0.15) is 17.3 Å². The van der Waals surface area contributed by atoms with E-state index in [1.807, 2.05) is 6.92 Å². The number of nitrogen functional groups attached to an aromatic ring is 1. The van der Waals surface area contributed by atoms with Gasteiger partial charge in [-0.3, -0.25) is 4.79 Å². The second-order valence-electron chi connectivity index (χ2n) is 3.12. The lowest BCUT2D eigenvalue weighted by Gasteiger charge is -2.11. The zero-order valence-electron chi connectivity index (χ0n) is 7.96. The summed E-state index contributed by atoms with van der Waals surface area (Å²) in [6.07, 6.45) is 0. The fraction of sp³-hybridized carbons (Fsp3) is 0.300. The summed E-state index contributed by atoms with van der Waals surface area (Å²) in [6.45, 7) is 1.84. The van der Waals surface area contributed by atoms with Gasteiger partial charge in [-0.05, 0) is 19.1 Å². The number of amides is 1. The van der Waals surface area contributed by atoms with Crippen molar-refractivity contribution in [3.8, 4) is 0 Å². The summed E-state index contributed by atoms with van der Waals surface area (Å²) < 4.78 is 0. The second kappa shape index (κ2) is 4.86. The van der Waals surface area contributed by atoms with Crippen LogP contribution in [0.4, 0.5) is 5.69 Å². The molecule has 1 atom stereocenters. The summed E-state index contributed by atoms with van der Waals surface area (Å²) in [4.78, 5) is 11.6. The van der Waals surface area contributed by atoms with Crippen molar-refractivity contribution >= 4 is 23.2 Å². The Bertz CT molecular complexity index is 328. The van der Waals surface area contributed by atoms with Crippen LogP contribution in [-0.4, -0.2) is 17.8 Å². The molecular weight excluding hydrogens is 200 g/mol. The Labute approximate surface area is 88.2 Å². The maximum atomic E-state index is 11.6. The SMILES string of the molecule is C[C@@H](CCl)NC(=O)c1ccccc1N. The number of para-hydroxylation sites is 1. The van der Waals surface area contributed by atoms with E-state index in [-0.39, 0.29) is 11.9 Å². The first-order valence-electron chi connectivity index (χ1n) is 4.36. The number of hydrogen-bond acceptors (Lipinski definition) is 2. The van der Waals surface area contributed by atoms with Crippen molar-refractivity contribution in [3.63, 3.8) is 0 Å². The molecule has 0 aromatic heterocycles. The third-order valence-electron chi connectivity index (χ3n) is 1.81. The van der Waals surface area contributed by atoms with Crippen LogP contribution >= 0.6 is 11.6 Å². The van der Waals surface area contributed by atoms with Crippen LogP contribution in [0.3, 0.4) is 0 Å². The van der Waals surface area contributed by atoms with Crippen molar-refractivity contribution < 1.29 is 4.79 Å². The average Bonchev–Trinajstić information content (AvgIpc) is 2.18. The van der Waals surface area contributed by atoms with Crippen LogP contribution in [0.15, 0.2) is 24.3 Å². The van der Waals surface area contributed by atoms with Crippen molar-refractivity contribution in [1.82, 2.24) is 5.32 Å². The summed E-state index contributed by atoms with van der Waals surface area (Å²) in [5.74, 6) is 0.203. The normalized spacial score (nSPS) is 12.1. The molecule has 0 saturated heterocycles. The summed E-state index contributed by atoms with van der Waals surface area (Å²) in [5, 5.41) is 2.74. The average molecular weight is 213 g/mol. The van der Waals surface area contributed by atoms with Gasteiger partial charge in [0.1, 0.15) is 0 Å². The first kappa shape index (κ1) is 10.9. The van der Waals surface area contributed by atoms with E-state index in [1.54, 1.807) is 24.3 Å². The molecule has 3 N–H and O–H groups in total. The molecule has 1 aromatic carbocycles. The molecule has 1 amide bonds. The summed E-state index contributed by atoms with van der Waals surface area (Å²) in [6, 6.07) is 6.89. The lowest BCUT2D eigenvalue weighted by atomic mass is 10.1. The smallest absolute Gasteiger partial charge is 0.253 e. The number of nitrogens with one attached hydrogen (secondary N) is 1. The number of alkyl halides is 1. The third-order valence-corrected chi connectivity index (χ3v) is 2.28. The van der Waals surface area contributed by atoms with Crippen LogP contribution in [0, 0.1) is 0 Å². The monoisotopic (exact) mass is 212 g/mol. The van der Waals surface area contributed by atoms with Gasteiger partial charge in [0, 0.05) is 17.6 Å². The number of nitrogens with two attached hydrogens (primary N) is 1. The molecule has 0 saturated carbocycles. The number of carbonyl (C=O) groups is 1. The molecule has 0 aliphatic rings. The minimum atomic E-state index is -0.184. The Morgan fingerprint density at radius 3 is 2.79 bits per heavy atom. The van der Waals surface area contributed by atoms with Gasteiger partial charge in [-0.2, -0.15) is 0 Å². The van der Waals surface area contributed by atoms with E-state index in [2.05, 4.69) is 5.32 Å². The van der Waals surface area contributed by atoms with Crippen LogP contribution < -0.4 is 11.1 Å². The van der Waals surface area contributed by atoms with Crippen LogP contribution in [0.2, 0.25) is 0 Å². The molecule has 3 nitrogen and oxygen atoms in total. The maximum Gasteiger partial charge on any atom is 0.253 e. The van der Waals surface area contributed by atoms with Crippen LogP contribution in [-0.2, 0) is 0 Å². The zero-order valence-corrected chi connectivity index (χ0v) is 8.71. The number of rotatable bonds is 3. The molecule has 0 fully saturated rings. The van der Waals surface area contributed by atoms with Gasteiger partial charge in [0.2, 0.25) is 0 Å². The topological polar surface area (TPSA) is 55.1 Å². The molecule has 76 valence electrons. The standard InChI is InChI=1S/C10H13ClN2O/c1-7(6-11)13-10(14)8-4-2-3-5-9(8)12/h2-5,7H,6,12H2,1H3,(H,13,14)/t7-/m0/s1. The van der Waals surface area contributed by atoms with E-state index < -0.39 is 0 Å². The highest BCUT2D eigenvalue weighted by atomic mass is 35.5. The minimum Gasteiger partial charge on any atom is -0.398 e. The largest absolute Gasteiger partial charge is 0.398 e. The van der Waals surface area contributed by atoms with Crippen molar-refractivity contribution in [1.29, 1.82) is 0 Å². The number of hydrogen-bond donors (Lipinski definition) is 2. The highest BCUT2D eigenvalue weighted by Gasteiger charge is 2.10. The first-order chi connectivity index (χ1) is 6.65. The van der Waals surface area contributed by atoms with Crippen molar-refractivity contribution in [2.75, 3.05) is 11.6 Å². The van der Waals surface area contributed by atoms with Crippen molar-refractivity contribution in [2.24, 2.45) is 0 Å². The summed E-state index contributed by atoms with van der Waals surface area (Å²) >= 11 is 5.58.